The first-order valence-corrected chi connectivity index (χ1v) is 9.17. The van der Waals surface area contributed by atoms with Gasteiger partial charge >= 0.3 is 12.1 Å². The van der Waals surface area contributed by atoms with Gasteiger partial charge in [-0.1, -0.05) is 36.9 Å². The number of hydrogen-bond acceptors (Lipinski definition) is 5. The predicted octanol–water partition coefficient (Wildman–Crippen LogP) is 2.07. The molecule has 2 aliphatic rings. The molecule has 2 aliphatic heterocycles. The van der Waals surface area contributed by atoms with Crippen LogP contribution >= 0.6 is 0 Å². The Balaban J connectivity index is 1.78. The summed E-state index contributed by atoms with van der Waals surface area (Å²) < 4.78 is 10.5. The van der Waals surface area contributed by atoms with E-state index in [4.69, 9.17) is 20.3 Å². The first-order chi connectivity index (χ1) is 12.9. The number of rotatable bonds is 6. The van der Waals surface area contributed by atoms with Gasteiger partial charge in [-0.25, -0.2) is 4.79 Å². The van der Waals surface area contributed by atoms with Crippen LogP contribution in [0.15, 0.2) is 36.9 Å². The number of carbonyl (C=O) groups is 2. The van der Waals surface area contributed by atoms with E-state index in [1.54, 1.807) is 6.08 Å². The molecule has 0 radical (unpaired) electrons. The second kappa shape index (κ2) is 8.10. The number of ether oxygens (including phenoxy) is 2. The Bertz CT molecular complexity index is 691. The van der Waals surface area contributed by atoms with E-state index in [1.807, 2.05) is 24.3 Å². The molecule has 0 spiro atoms. The maximum atomic E-state index is 12.7. The quantitative estimate of drug-likeness (QED) is 0.584. The SMILES string of the molecule is C=CCOC(=O)C(c1ccc(C2(N)COC2)cc1)C1CCN(C(=O)O)CC1. The van der Waals surface area contributed by atoms with E-state index in [0.29, 0.717) is 39.1 Å². The maximum Gasteiger partial charge on any atom is 0.407 e. The number of carboxylic acid groups (broad SMARTS) is 1. The molecule has 1 unspecified atom stereocenters. The molecule has 0 aliphatic carbocycles. The van der Waals surface area contributed by atoms with Gasteiger partial charge < -0.3 is 25.2 Å². The van der Waals surface area contributed by atoms with Crippen molar-refractivity contribution < 1.29 is 24.2 Å². The van der Waals surface area contributed by atoms with Crippen molar-refractivity contribution in [3.05, 3.63) is 48.0 Å². The van der Waals surface area contributed by atoms with E-state index < -0.39 is 17.6 Å². The van der Waals surface area contributed by atoms with Crippen molar-refractivity contribution in [3.63, 3.8) is 0 Å². The highest BCUT2D eigenvalue weighted by atomic mass is 16.5. The molecule has 0 aromatic heterocycles. The summed E-state index contributed by atoms with van der Waals surface area (Å²) in [4.78, 5) is 25.3. The summed E-state index contributed by atoms with van der Waals surface area (Å²) in [5, 5.41) is 9.14. The topological polar surface area (TPSA) is 102 Å². The van der Waals surface area contributed by atoms with Gasteiger partial charge in [-0.3, -0.25) is 4.79 Å². The Kier molecular flexibility index (Phi) is 5.82. The zero-order valence-corrected chi connectivity index (χ0v) is 15.3. The molecule has 7 nitrogen and oxygen atoms in total. The summed E-state index contributed by atoms with van der Waals surface area (Å²) in [6, 6.07) is 7.73. The van der Waals surface area contributed by atoms with Crippen molar-refractivity contribution in [3.8, 4) is 0 Å². The number of esters is 1. The summed E-state index contributed by atoms with van der Waals surface area (Å²) in [5.74, 6) is -0.699. The molecular formula is C20H26N2O5. The molecule has 0 saturated carbocycles. The lowest BCUT2D eigenvalue weighted by Gasteiger charge is -2.38. The summed E-state index contributed by atoms with van der Waals surface area (Å²) in [5.41, 5.74) is 7.67. The van der Waals surface area contributed by atoms with Crippen LogP contribution in [0.4, 0.5) is 4.79 Å². The molecule has 1 aromatic carbocycles. The summed E-state index contributed by atoms with van der Waals surface area (Å²) >= 11 is 0. The maximum absolute atomic E-state index is 12.7. The molecule has 27 heavy (non-hydrogen) atoms. The van der Waals surface area contributed by atoms with E-state index in [0.717, 1.165) is 11.1 Å². The normalized spacial score (nSPS) is 20.4. The molecule has 1 aromatic rings. The summed E-state index contributed by atoms with van der Waals surface area (Å²) in [6.45, 7) is 5.57. The average Bonchev–Trinajstić information content (AvgIpc) is 2.65. The molecule has 1 amide bonds. The van der Waals surface area contributed by atoms with Crippen LogP contribution < -0.4 is 5.73 Å². The third-order valence-corrected chi connectivity index (χ3v) is 5.44. The lowest BCUT2D eigenvalue weighted by molar-refractivity contribution is -0.146. The fraction of sp³-hybridized carbons (Fsp3) is 0.500. The Morgan fingerprint density at radius 3 is 2.44 bits per heavy atom. The molecule has 2 heterocycles. The van der Waals surface area contributed by atoms with Crippen LogP contribution in [-0.4, -0.2) is 55.0 Å². The van der Waals surface area contributed by atoms with Gasteiger partial charge in [-0.15, -0.1) is 0 Å². The summed E-state index contributed by atoms with van der Waals surface area (Å²) in [6.07, 6.45) is 1.87. The monoisotopic (exact) mass is 374 g/mol. The highest BCUT2D eigenvalue weighted by Crippen LogP contribution is 2.35. The smallest absolute Gasteiger partial charge is 0.407 e. The average molecular weight is 374 g/mol. The molecule has 3 N–H and O–H groups in total. The van der Waals surface area contributed by atoms with Gasteiger partial charge in [-0.2, -0.15) is 0 Å². The van der Waals surface area contributed by atoms with Crippen molar-refractivity contribution in [2.24, 2.45) is 11.7 Å². The first kappa shape index (κ1) is 19.4. The van der Waals surface area contributed by atoms with Gasteiger partial charge in [0.25, 0.3) is 0 Å². The van der Waals surface area contributed by atoms with Gasteiger partial charge in [0.2, 0.25) is 0 Å². The fourth-order valence-corrected chi connectivity index (χ4v) is 3.77. The zero-order chi connectivity index (χ0) is 19.4. The molecule has 0 bridgehead atoms. The highest BCUT2D eigenvalue weighted by molar-refractivity contribution is 5.79. The second-order valence-electron chi connectivity index (χ2n) is 7.27. The van der Waals surface area contributed by atoms with E-state index in [-0.39, 0.29) is 18.5 Å². The van der Waals surface area contributed by atoms with E-state index >= 15 is 0 Å². The van der Waals surface area contributed by atoms with Crippen LogP contribution in [0.5, 0.6) is 0 Å². The number of likely N-dealkylation sites (tertiary alicyclic amines) is 1. The number of amides is 1. The molecule has 7 heteroatoms. The third kappa shape index (κ3) is 4.14. The Morgan fingerprint density at radius 2 is 1.96 bits per heavy atom. The molecule has 1 atom stereocenters. The second-order valence-corrected chi connectivity index (χ2v) is 7.27. The molecule has 2 fully saturated rings. The third-order valence-electron chi connectivity index (χ3n) is 5.44. The number of carbonyl (C=O) groups excluding carboxylic acids is 1. The molecular weight excluding hydrogens is 348 g/mol. The van der Waals surface area contributed by atoms with Crippen molar-refractivity contribution in [2.45, 2.75) is 24.3 Å². The number of nitrogens with zero attached hydrogens (tertiary/aromatic N) is 1. The molecule has 3 rings (SSSR count). The van der Waals surface area contributed by atoms with Crippen LogP contribution in [-0.2, 0) is 19.8 Å². The summed E-state index contributed by atoms with van der Waals surface area (Å²) in [7, 11) is 0. The number of nitrogens with two attached hydrogens (primary N) is 1. The van der Waals surface area contributed by atoms with Gasteiger partial charge in [0.05, 0.1) is 24.7 Å². The van der Waals surface area contributed by atoms with Crippen LogP contribution in [0, 0.1) is 5.92 Å². The van der Waals surface area contributed by atoms with Crippen molar-refractivity contribution in [1.82, 2.24) is 4.90 Å². The first-order valence-electron chi connectivity index (χ1n) is 9.17. The van der Waals surface area contributed by atoms with Gasteiger partial charge in [0.1, 0.15) is 6.61 Å². The number of piperidine rings is 1. The number of hydrogen-bond donors (Lipinski definition) is 2. The Hall–Kier alpha value is -2.38. The Morgan fingerprint density at radius 1 is 1.33 bits per heavy atom. The van der Waals surface area contributed by atoms with Crippen molar-refractivity contribution in [2.75, 3.05) is 32.9 Å². The predicted molar refractivity (Wildman–Crippen MR) is 99.3 cm³/mol. The van der Waals surface area contributed by atoms with Gasteiger partial charge in [0.15, 0.2) is 0 Å². The van der Waals surface area contributed by atoms with Crippen LogP contribution in [0.25, 0.3) is 0 Å². The van der Waals surface area contributed by atoms with Crippen LogP contribution in [0.1, 0.15) is 29.9 Å². The minimum absolute atomic E-state index is 0.0302. The van der Waals surface area contributed by atoms with Crippen LogP contribution in [0.2, 0.25) is 0 Å². The van der Waals surface area contributed by atoms with E-state index in [1.165, 1.54) is 4.90 Å². The minimum atomic E-state index is -0.917. The largest absolute Gasteiger partial charge is 0.465 e. The molecule has 2 saturated heterocycles. The minimum Gasteiger partial charge on any atom is -0.465 e. The standard InChI is InChI=1S/C20H26N2O5/c1-2-11-27-18(23)17(15-7-9-22(10-8-15)19(24)25)14-3-5-16(6-4-14)20(21)12-26-13-20/h2-6,15,17H,1,7-13,21H2,(H,24,25). The van der Waals surface area contributed by atoms with Gasteiger partial charge in [0, 0.05) is 13.1 Å². The zero-order valence-electron chi connectivity index (χ0n) is 15.3. The fourth-order valence-electron chi connectivity index (χ4n) is 3.77. The highest BCUT2D eigenvalue weighted by Gasteiger charge is 2.37. The Labute approximate surface area is 158 Å². The number of benzene rings is 1. The van der Waals surface area contributed by atoms with Crippen molar-refractivity contribution in [1.29, 1.82) is 0 Å². The molecule has 146 valence electrons. The lowest BCUT2D eigenvalue weighted by atomic mass is 9.79. The van der Waals surface area contributed by atoms with Crippen molar-refractivity contribution >= 4 is 12.1 Å². The van der Waals surface area contributed by atoms with E-state index in [9.17, 15) is 9.59 Å². The van der Waals surface area contributed by atoms with Crippen LogP contribution in [0.3, 0.4) is 0 Å². The van der Waals surface area contributed by atoms with Gasteiger partial charge in [-0.05, 0) is 29.9 Å². The lowest BCUT2D eigenvalue weighted by Crippen LogP contribution is -2.54. The van der Waals surface area contributed by atoms with E-state index in [2.05, 4.69) is 6.58 Å².